The predicted octanol–water partition coefficient (Wildman–Crippen LogP) is 1.45. The van der Waals surface area contributed by atoms with Gasteiger partial charge in [0.05, 0.1) is 6.10 Å². The molecule has 0 aliphatic carbocycles. The SMILES string of the molecule is CCNC(=NCCC(O)c1ccccc1)NCCN1CCN(C(C)=O)CC1.I. The second kappa shape index (κ2) is 13.7. The summed E-state index contributed by atoms with van der Waals surface area (Å²) in [7, 11) is 0. The number of aliphatic imine (C=N–C) groups is 1. The molecule has 3 N–H and O–H groups in total. The standard InChI is InChI=1S/C20H33N5O2.HI/c1-3-21-20(22-10-9-19(27)18-7-5-4-6-8-18)23-11-12-24-13-15-25(16-14-24)17(2)26;/h4-8,19,27H,3,9-16H2,1-2H3,(H2,21,22,23);1H. The smallest absolute Gasteiger partial charge is 0.219 e. The third-order valence-electron chi connectivity index (χ3n) is 4.74. The van der Waals surface area contributed by atoms with Crippen LogP contribution in [0.15, 0.2) is 35.3 Å². The highest BCUT2D eigenvalue weighted by Crippen LogP contribution is 2.15. The van der Waals surface area contributed by atoms with Crippen LogP contribution < -0.4 is 10.6 Å². The number of aliphatic hydroxyl groups excluding tert-OH is 1. The Morgan fingerprint density at radius 1 is 1.18 bits per heavy atom. The van der Waals surface area contributed by atoms with Crippen molar-refractivity contribution in [2.45, 2.75) is 26.4 Å². The molecule has 1 atom stereocenters. The van der Waals surface area contributed by atoms with Crippen molar-refractivity contribution in [1.82, 2.24) is 20.4 Å². The Hall–Kier alpha value is -1.39. The van der Waals surface area contributed by atoms with Gasteiger partial charge >= 0.3 is 0 Å². The number of piperazine rings is 1. The van der Waals surface area contributed by atoms with Crippen molar-refractivity contribution < 1.29 is 9.90 Å². The van der Waals surface area contributed by atoms with Crippen LogP contribution >= 0.6 is 24.0 Å². The highest BCUT2D eigenvalue weighted by molar-refractivity contribution is 14.0. The number of amides is 1. The minimum Gasteiger partial charge on any atom is -0.388 e. The van der Waals surface area contributed by atoms with E-state index < -0.39 is 6.10 Å². The first-order valence-corrected chi connectivity index (χ1v) is 9.83. The summed E-state index contributed by atoms with van der Waals surface area (Å²) in [6.45, 7) is 10.2. The Balaban J connectivity index is 0.00000392. The summed E-state index contributed by atoms with van der Waals surface area (Å²) in [4.78, 5) is 20.2. The van der Waals surface area contributed by atoms with E-state index in [-0.39, 0.29) is 29.9 Å². The van der Waals surface area contributed by atoms with Crippen LogP contribution in [0.25, 0.3) is 0 Å². The number of nitrogens with one attached hydrogen (secondary N) is 2. The number of halogens is 1. The van der Waals surface area contributed by atoms with E-state index in [4.69, 9.17) is 0 Å². The number of nitrogens with zero attached hydrogens (tertiary/aromatic N) is 3. The van der Waals surface area contributed by atoms with Crippen molar-refractivity contribution in [3.8, 4) is 0 Å². The molecule has 158 valence electrons. The van der Waals surface area contributed by atoms with Crippen LogP contribution in [0, 0.1) is 0 Å². The number of hydrogen-bond acceptors (Lipinski definition) is 4. The van der Waals surface area contributed by atoms with Crippen LogP contribution in [0.5, 0.6) is 0 Å². The summed E-state index contributed by atoms with van der Waals surface area (Å²) >= 11 is 0. The molecule has 0 bridgehead atoms. The molecule has 1 unspecified atom stereocenters. The number of carbonyl (C=O) groups is 1. The molecular formula is C20H34IN5O2. The number of carbonyl (C=O) groups excluding carboxylic acids is 1. The van der Waals surface area contributed by atoms with Gasteiger partial charge in [0.25, 0.3) is 0 Å². The summed E-state index contributed by atoms with van der Waals surface area (Å²) < 4.78 is 0. The zero-order valence-electron chi connectivity index (χ0n) is 16.9. The highest BCUT2D eigenvalue weighted by Gasteiger charge is 2.17. The molecule has 0 radical (unpaired) electrons. The molecule has 8 heteroatoms. The number of hydrogen-bond donors (Lipinski definition) is 3. The van der Waals surface area contributed by atoms with E-state index in [0.717, 1.165) is 57.3 Å². The van der Waals surface area contributed by atoms with Crippen molar-refractivity contribution in [3.63, 3.8) is 0 Å². The zero-order valence-corrected chi connectivity index (χ0v) is 19.3. The fourth-order valence-corrected chi connectivity index (χ4v) is 3.10. The van der Waals surface area contributed by atoms with Gasteiger partial charge in [-0.15, -0.1) is 24.0 Å². The van der Waals surface area contributed by atoms with Crippen LogP contribution in [0.1, 0.15) is 31.9 Å². The van der Waals surface area contributed by atoms with Crippen molar-refractivity contribution in [2.75, 3.05) is 52.4 Å². The van der Waals surface area contributed by atoms with Crippen LogP contribution in [-0.2, 0) is 4.79 Å². The van der Waals surface area contributed by atoms with E-state index in [1.165, 1.54) is 0 Å². The fourth-order valence-electron chi connectivity index (χ4n) is 3.10. The minimum absolute atomic E-state index is 0. The lowest BCUT2D eigenvalue weighted by Crippen LogP contribution is -2.50. The molecule has 1 saturated heterocycles. The third-order valence-corrected chi connectivity index (χ3v) is 4.74. The molecule has 1 aliphatic heterocycles. The first-order valence-electron chi connectivity index (χ1n) is 9.83. The van der Waals surface area contributed by atoms with Gasteiger partial charge in [0.1, 0.15) is 0 Å². The largest absolute Gasteiger partial charge is 0.388 e. The third kappa shape index (κ3) is 8.74. The van der Waals surface area contributed by atoms with Gasteiger partial charge in [-0.1, -0.05) is 30.3 Å². The van der Waals surface area contributed by atoms with E-state index in [1.807, 2.05) is 42.2 Å². The Morgan fingerprint density at radius 2 is 1.86 bits per heavy atom. The van der Waals surface area contributed by atoms with Gasteiger partial charge in [-0.3, -0.25) is 14.7 Å². The second-order valence-electron chi connectivity index (χ2n) is 6.75. The molecule has 1 heterocycles. The number of guanidine groups is 1. The van der Waals surface area contributed by atoms with Crippen molar-refractivity contribution >= 4 is 35.8 Å². The Bertz CT molecular complexity index is 592. The van der Waals surface area contributed by atoms with Gasteiger partial charge < -0.3 is 20.6 Å². The lowest BCUT2D eigenvalue weighted by Gasteiger charge is -2.34. The first kappa shape index (κ1) is 24.6. The molecular weight excluding hydrogens is 469 g/mol. The Kier molecular flexibility index (Phi) is 12.1. The minimum atomic E-state index is -0.490. The Labute approximate surface area is 185 Å². The normalized spacial score (nSPS) is 16.2. The summed E-state index contributed by atoms with van der Waals surface area (Å²) in [5.74, 6) is 0.937. The van der Waals surface area contributed by atoms with Crippen molar-refractivity contribution in [3.05, 3.63) is 35.9 Å². The molecule has 1 aliphatic rings. The quantitative estimate of drug-likeness (QED) is 0.285. The summed E-state index contributed by atoms with van der Waals surface area (Å²) in [6, 6.07) is 9.68. The molecule has 1 amide bonds. The van der Waals surface area contributed by atoms with Crippen LogP contribution in [0.4, 0.5) is 0 Å². The molecule has 1 fully saturated rings. The molecule has 28 heavy (non-hydrogen) atoms. The maximum absolute atomic E-state index is 11.4. The molecule has 0 spiro atoms. The van der Waals surface area contributed by atoms with Gasteiger partial charge in [-0.25, -0.2) is 0 Å². The van der Waals surface area contributed by atoms with Gasteiger partial charge in [-0.05, 0) is 18.9 Å². The Morgan fingerprint density at radius 3 is 2.46 bits per heavy atom. The average molecular weight is 503 g/mol. The summed E-state index contributed by atoms with van der Waals surface area (Å²) in [6.07, 6.45) is 0.100. The van der Waals surface area contributed by atoms with Gasteiger partial charge in [0.15, 0.2) is 5.96 Å². The molecule has 2 rings (SSSR count). The maximum atomic E-state index is 11.4. The van der Waals surface area contributed by atoms with Crippen LogP contribution in [0.3, 0.4) is 0 Å². The fraction of sp³-hybridized carbons (Fsp3) is 0.600. The molecule has 7 nitrogen and oxygen atoms in total. The lowest BCUT2D eigenvalue weighted by atomic mass is 10.1. The van der Waals surface area contributed by atoms with E-state index in [0.29, 0.717) is 13.0 Å². The number of benzene rings is 1. The first-order chi connectivity index (χ1) is 13.1. The van der Waals surface area contributed by atoms with E-state index >= 15 is 0 Å². The van der Waals surface area contributed by atoms with Gasteiger partial charge in [0.2, 0.25) is 5.91 Å². The molecule has 1 aromatic rings. The molecule has 1 aromatic carbocycles. The zero-order chi connectivity index (χ0) is 19.5. The van der Waals surface area contributed by atoms with E-state index in [1.54, 1.807) is 6.92 Å². The van der Waals surface area contributed by atoms with E-state index in [2.05, 4.69) is 20.5 Å². The lowest BCUT2D eigenvalue weighted by molar-refractivity contribution is -0.130. The van der Waals surface area contributed by atoms with Crippen LogP contribution in [-0.4, -0.2) is 79.1 Å². The topological polar surface area (TPSA) is 80.2 Å². The molecule has 0 aromatic heterocycles. The maximum Gasteiger partial charge on any atom is 0.219 e. The van der Waals surface area contributed by atoms with Gasteiger partial charge in [-0.2, -0.15) is 0 Å². The average Bonchev–Trinajstić information content (AvgIpc) is 2.69. The van der Waals surface area contributed by atoms with E-state index in [9.17, 15) is 9.90 Å². The second-order valence-corrected chi connectivity index (χ2v) is 6.75. The number of aliphatic hydroxyl groups is 1. The predicted molar refractivity (Wildman–Crippen MR) is 124 cm³/mol. The van der Waals surface area contributed by atoms with Crippen molar-refractivity contribution in [1.29, 1.82) is 0 Å². The summed E-state index contributed by atoms with van der Waals surface area (Å²) in [5, 5.41) is 16.8. The van der Waals surface area contributed by atoms with Crippen molar-refractivity contribution in [2.24, 2.45) is 4.99 Å². The summed E-state index contributed by atoms with van der Waals surface area (Å²) in [5.41, 5.74) is 0.926. The molecule has 0 saturated carbocycles. The highest BCUT2D eigenvalue weighted by atomic mass is 127. The number of rotatable bonds is 8. The monoisotopic (exact) mass is 503 g/mol. The van der Waals surface area contributed by atoms with Crippen LogP contribution in [0.2, 0.25) is 0 Å². The van der Waals surface area contributed by atoms with Gasteiger partial charge in [0, 0.05) is 59.3 Å².